The molecule has 0 saturated carbocycles. The third-order valence-corrected chi connectivity index (χ3v) is 3.40. The van der Waals surface area contributed by atoms with Crippen molar-refractivity contribution in [2.24, 2.45) is 0 Å². The van der Waals surface area contributed by atoms with Gasteiger partial charge in [0.1, 0.15) is 17.2 Å². The van der Waals surface area contributed by atoms with E-state index in [1.807, 2.05) is 36.4 Å². The van der Waals surface area contributed by atoms with E-state index in [4.69, 9.17) is 18.7 Å². The Hall–Kier alpha value is -3.22. The quantitative estimate of drug-likeness (QED) is 0.742. The second kappa shape index (κ2) is 6.91. The molecule has 0 atom stereocenters. The third-order valence-electron chi connectivity index (χ3n) is 3.40. The molecule has 0 aliphatic carbocycles. The number of aromatic nitrogens is 2. The van der Waals surface area contributed by atoms with Gasteiger partial charge in [-0.1, -0.05) is 17.3 Å². The van der Waals surface area contributed by atoms with Gasteiger partial charge in [0.2, 0.25) is 5.82 Å². The van der Waals surface area contributed by atoms with Crippen LogP contribution in [0.1, 0.15) is 0 Å². The molecule has 0 radical (unpaired) electrons. The first-order valence-electron chi connectivity index (χ1n) is 7.20. The Bertz CT molecular complexity index is 832. The van der Waals surface area contributed by atoms with Crippen LogP contribution in [0.15, 0.2) is 47.0 Å². The number of rotatable bonds is 6. The maximum atomic E-state index is 5.33. The molecule has 1 N–H and O–H groups in total. The van der Waals surface area contributed by atoms with E-state index >= 15 is 0 Å². The molecule has 0 spiro atoms. The van der Waals surface area contributed by atoms with E-state index in [-0.39, 0.29) is 6.01 Å². The Balaban J connectivity index is 1.84. The molecule has 3 rings (SSSR count). The molecule has 2 aromatic carbocycles. The van der Waals surface area contributed by atoms with Gasteiger partial charge < -0.3 is 24.1 Å². The van der Waals surface area contributed by atoms with E-state index < -0.39 is 0 Å². The number of ether oxygens (including phenoxy) is 3. The molecular weight excluding hydrogens is 310 g/mol. The number of anilines is 2. The molecule has 3 aromatic rings. The highest BCUT2D eigenvalue weighted by Gasteiger charge is 2.12. The summed E-state index contributed by atoms with van der Waals surface area (Å²) in [5.41, 5.74) is 1.49. The van der Waals surface area contributed by atoms with Crippen LogP contribution in [0.5, 0.6) is 17.2 Å². The maximum Gasteiger partial charge on any atom is 0.326 e. The zero-order chi connectivity index (χ0) is 16.9. The van der Waals surface area contributed by atoms with Crippen LogP contribution in [0.25, 0.3) is 11.4 Å². The molecule has 0 fully saturated rings. The van der Waals surface area contributed by atoms with E-state index in [2.05, 4.69) is 15.5 Å². The summed E-state index contributed by atoms with van der Waals surface area (Å²) in [6.07, 6.45) is 0. The van der Waals surface area contributed by atoms with Crippen LogP contribution in [0.4, 0.5) is 11.7 Å². The van der Waals surface area contributed by atoms with Crippen molar-refractivity contribution in [3.05, 3.63) is 42.5 Å². The predicted octanol–water partition coefficient (Wildman–Crippen LogP) is 3.51. The molecular formula is C17H17N3O4. The molecule has 7 heteroatoms. The van der Waals surface area contributed by atoms with Gasteiger partial charge in [-0.2, -0.15) is 4.98 Å². The minimum Gasteiger partial charge on any atom is -0.497 e. The highest BCUT2D eigenvalue weighted by Crippen LogP contribution is 2.31. The van der Waals surface area contributed by atoms with E-state index in [1.165, 1.54) is 0 Å². The maximum absolute atomic E-state index is 5.33. The van der Waals surface area contributed by atoms with Crippen LogP contribution in [-0.4, -0.2) is 31.5 Å². The molecule has 1 heterocycles. The van der Waals surface area contributed by atoms with Crippen molar-refractivity contribution < 1.29 is 18.7 Å². The van der Waals surface area contributed by atoms with E-state index in [1.54, 1.807) is 27.4 Å². The van der Waals surface area contributed by atoms with E-state index in [0.717, 1.165) is 11.3 Å². The Morgan fingerprint density at radius 3 is 2.46 bits per heavy atom. The average molecular weight is 327 g/mol. The summed E-state index contributed by atoms with van der Waals surface area (Å²) in [4.78, 5) is 4.34. The molecule has 0 aliphatic rings. The van der Waals surface area contributed by atoms with Crippen LogP contribution in [0, 0.1) is 0 Å². The number of hydrogen-bond donors (Lipinski definition) is 1. The number of methoxy groups -OCH3 is 3. The second-order valence-corrected chi connectivity index (χ2v) is 4.85. The predicted molar refractivity (Wildman–Crippen MR) is 89.1 cm³/mol. The lowest BCUT2D eigenvalue weighted by Gasteiger charge is -2.09. The smallest absolute Gasteiger partial charge is 0.326 e. The Labute approximate surface area is 139 Å². The van der Waals surface area contributed by atoms with Gasteiger partial charge >= 0.3 is 6.01 Å². The molecule has 0 bridgehead atoms. The molecule has 0 unspecified atom stereocenters. The summed E-state index contributed by atoms with van der Waals surface area (Å²) >= 11 is 0. The number of nitrogens with one attached hydrogen (secondary N) is 1. The topological polar surface area (TPSA) is 78.6 Å². The van der Waals surface area contributed by atoms with Gasteiger partial charge in [-0.3, -0.25) is 0 Å². The first-order chi connectivity index (χ1) is 11.7. The van der Waals surface area contributed by atoms with Gasteiger partial charge in [0, 0.05) is 11.6 Å². The van der Waals surface area contributed by atoms with Crippen LogP contribution in [0.3, 0.4) is 0 Å². The SMILES string of the molecule is COc1cccc(-c2noc(Nc3ccc(OC)cc3OC)n2)c1. The minimum atomic E-state index is 0.260. The lowest BCUT2D eigenvalue weighted by Crippen LogP contribution is -1.95. The average Bonchev–Trinajstić information content (AvgIpc) is 3.10. The zero-order valence-corrected chi connectivity index (χ0v) is 13.6. The van der Waals surface area contributed by atoms with Gasteiger partial charge in [0.15, 0.2) is 0 Å². The lowest BCUT2D eigenvalue weighted by atomic mass is 10.2. The molecule has 0 aliphatic heterocycles. The fourth-order valence-corrected chi connectivity index (χ4v) is 2.17. The van der Waals surface area contributed by atoms with Crippen LogP contribution in [-0.2, 0) is 0 Å². The monoisotopic (exact) mass is 327 g/mol. The van der Waals surface area contributed by atoms with Crippen molar-refractivity contribution in [2.45, 2.75) is 0 Å². The van der Waals surface area contributed by atoms with Gasteiger partial charge in [-0.15, -0.1) is 0 Å². The van der Waals surface area contributed by atoms with Gasteiger partial charge in [0.25, 0.3) is 0 Å². The number of hydrogen-bond acceptors (Lipinski definition) is 7. The summed E-state index contributed by atoms with van der Waals surface area (Å²) in [5.74, 6) is 2.49. The Morgan fingerprint density at radius 2 is 1.71 bits per heavy atom. The van der Waals surface area contributed by atoms with E-state index in [0.29, 0.717) is 23.0 Å². The third kappa shape index (κ3) is 3.24. The fourth-order valence-electron chi connectivity index (χ4n) is 2.17. The zero-order valence-electron chi connectivity index (χ0n) is 13.6. The molecule has 124 valence electrons. The normalized spacial score (nSPS) is 10.3. The van der Waals surface area contributed by atoms with Crippen molar-refractivity contribution in [1.29, 1.82) is 0 Å². The van der Waals surface area contributed by atoms with Crippen molar-refractivity contribution in [3.63, 3.8) is 0 Å². The summed E-state index contributed by atoms with van der Waals surface area (Å²) in [7, 11) is 4.79. The molecule has 7 nitrogen and oxygen atoms in total. The van der Waals surface area contributed by atoms with Crippen LogP contribution >= 0.6 is 0 Å². The highest BCUT2D eigenvalue weighted by atomic mass is 16.5. The number of benzene rings is 2. The van der Waals surface area contributed by atoms with Crippen molar-refractivity contribution in [2.75, 3.05) is 26.6 Å². The largest absolute Gasteiger partial charge is 0.497 e. The van der Waals surface area contributed by atoms with Crippen LogP contribution < -0.4 is 19.5 Å². The summed E-state index contributed by atoms with van der Waals surface area (Å²) in [6, 6.07) is 13.1. The summed E-state index contributed by atoms with van der Waals surface area (Å²) in [5, 5.41) is 7.02. The Kier molecular flexibility index (Phi) is 4.51. The van der Waals surface area contributed by atoms with Gasteiger partial charge in [0.05, 0.1) is 27.0 Å². The Morgan fingerprint density at radius 1 is 0.917 bits per heavy atom. The van der Waals surface area contributed by atoms with Crippen molar-refractivity contribution in [3.8, 4) is 28.6 Å². The summed E-state index contributed by atoms with van der Waals surface area (Å²) < 4.78 is 21.0. The van der Waals surface area contributed by atoms with E-state index in [9.17, 15) is 0 Å². The second-order valence-electron chi connectivity index (χ2n) is 4.85. The summed E-state index contributed by atoms with van der Waals surface area (Å²) in [6.45, 7) is 0. The van der Waals surface area contributed by atoms with Crippen molar-refractivity contribution >= 4 is 11.7 Å². The first-order valence-corrected chi connectivity index (χ1v) is 7.20. The van der Waals surface area contributed by atoms with Crippen molar-refractivity contribution in [1.82, 2.24) is 10.1 Å². The van der Waals surface area contributed by atoms with Crippen LogP contribution in [0.2, 0.25) is 0 Å². The molecule has 0 amide bonds. The molecule has 0 saturated heterocycles. The minimum absolute atomic E-state index is 0.260. The first kappa shape index (κ1) is 15.7. The molecule has 24 heavy (non-hydrogen) atoms. The molecule has 1 aromatic heterocycles. The standard InChI is InChI=1S/C17H17N3O4/c1-21-12-6-4-5-11(9-12)16-19-17(24-20-16)18-14-8-7-13(22-2)10-15(14)23-3/h4-10H,1-3H3,(H,18,19,20). The number of nitrogens with zero attached hydrogens (tertiary/aromatic N) is 2. The highest BCUT2D eigenvalue weighted by molar-refractivity contribution is 5.65. The fraction of sp³-hybridized carbons (Fsp3) is 0.176. The lowest BCUT2D eigenvalue weighted by molar-refractivity contribution is 0.395. The van der Waals surface area contributed by atoms with Gasteiger partial charge in [-0.25, -0.2) is 0 Å². The van der Waals surface area contributed by atoms with Gasteiger partial charge in [-0.05, 0) is 24.3 Å².